The fourth-order valence-corrected chi connectivity index (χ4v) is 3.90. The quantitative estimate of drug-likeness (QED) is 0.744. The van der Waals surface area contributed by atoms with Gasteiger partial charge < -0.3 is 9.80 Å². The highest BCUT2D eigenvalue weighted by Crippen LogP contribution is 2.31. The molecule has 1 aliphatic carbocycles. The molecule has 1 aromatic heterocycles. The highest BCUT2D eigenvalue weighted by molar-refractivity contribution is 7.99. The maximum Gasteiger partial charge on any atom is 0.233 e. The van der Waals surface area contributed by atoms with Crippen molar-refractivity contribution in [3.8, 4) is 5.69 Å². The van der Waals surface area contributed by atoms with Crippen LogP contribution in [0.15, 0.2) is 41.8 Å². The van der Waals surface area contributed by atoms with Crippen molar-refractivity contribution in [2.75, 3.05) is 31.9 Å². The topological polar surface area (TPSA) is 71.3 Å². The zero-order chi connectivity index (χ0) is 17.9. The van der Waals surface area contributed by atoms with Crippen LogP contribution in [0.2, 0.25) is 0 Å². The van der Waals surface area contributed by atoms with Gasteiger partial charge in [-0.05, 0) is 25.0 Å². The van der Waals surface area contributed by atoms with E-state index in [0.29, 0.717) is 37.1 Å². The van der Waals surface area contributed by atoms with Crippen LogP contribution in [-0.4, -0.2) is 68.3 Å². The Morgan fingerprint density at radius 2 is 1.73 bits per heavy atom. The van der Waals surface area contributed by atoms with E-state index in [2.05, 4.69) is 10.2 Å². The average Bonchev–Trinajstić information content (AvgIpc) is 3.44. The van der Waals surface area contributed by atoms with Crippen molar-refractivity contribution in [3.63, 3.8) is 0 Å². The molecule has 1 aromatic carbocycles. The molecule has 2 aromatic rings. The Labute approximate surface area is 156 Å². The second-order valence-electron chi connectivity index (χ2n) is 6.59. The van der Waals surface area contributed by atoms with Crippen molar-refractivity contribution in [3.05, 3.63) is 36.7 Å². The zero-order valence-corrected chi connectivity index (χ0v) is 15.3. The SMILES string of the molecule is O=C(CSc1nncn1-c1ccccc1)N1CCN(C(=O)C2CC2)CC1. The van der Waals surface area contributed by atoms with E-state index in [1.54, 1.807) is 6.33 Å². The molecule has 26 heavy (non-hydrogen) atoms. The molecular formula is C18H21N5O2S. The first-order valence-corrected chi connectivity index (χ1v) is 9.86. The maximum absolute atomic E-state index is 12.5. The number of nitrogens with zero attached hydrogens (tertiary/aromatic N) is 5. The average molecular weight is 371 g/mol. The second-order valence-corrected chi connectivity index (χ2v) is 7.53. The molecule has 0 bridgehead atoms. The van der Waals surface area contributed by atoms with E-state index in [9.17, 15) is 9.59 Å². The summed E-state index contributed by atoms with van der Waals surface area (Å²) in [5.74, 6) is 0.915. The molecule has 2 fully saturated rings. The summed E-state index contributed by atoms with van der Waals surface area (Å²) >= 11 is 1.39. The summed E-state index contributed by atoms with van der Waals surface area (Å²) in [5, 5.41) is 8.79. The maximum atomic E-state index is 12.5. The number of rotatable bonds is 5. The molecule has 1 aliphatic heterocycles. The third-order valence-corrected chi connectivity index (χ3v) is 5.67. The van der Waals surface area contributed by atoms with Gasteiger partial charge >= 0.3 is 0 Å². The third-order valence-electron chi connectivity index (χ3n) is 4.75. The summed E-state index contributed by atoms with van der Waals surface area (Å²) in [5.41, 5.74) is 0.972. The number of amides is 2. The Bertz CT molecular complexity index is 782. The molecule has 0 spiro atoms. The number of hydrogen-bond donors (Lipinski definition) is 0. The lowest BCUT2D eigenvalue weighted by Gasteiger charge is -2.34. The zero-order valence-electron chi connectivity index (χ0n) is 14.5. The Hall–Kier alpha value is -2.35. The lowest BCUT2D eigenvalue weighted by molar-refractivity contribution is -0.139. The molecule has 0 atom stereocenters. The number of aromatic nitrogens is 3. The number of para-hydroxylation sites is 1. The number of carbonyl (C=O) groups is 2. The van der Waals surface area contributed by atoms with Gasteiger partial charge in [0.05, 0.1) is 5.75 Å². The third kappa shape index (κ3) is 3.75. The smallest absolute Gasteiger partial charge is 0.233 e. The van der Waals surface area contributed by atoms with Gasteiger partial charge in [-0.1, -0.05) is 30.0 Å². The molecule has 4 rings (SSSR count). The molecular weight excluding hydrogens is 350 g/mol. The van der Waals surface area contributed by atoms with Crippen LogP contribution in [0, 0.1) is 5.92 Å². The van der Waals surface area contributed by atoms with Crippen LogP contribution >= 0.6 is 11.8 Å². The molecule has 8 heteroatoms. The van der Waals surface area contributed by atoms with Gasteiger partial charge in [-0.2, -0.15) is 0 Å². The first-order valence-electron chi connectivity index (χ1n) is 8.87. The van der Waals surface area contributed by atoms with E-state index < -0.39 is 0 Å². The molecule has 1 saturated heterocycles. The van der Waals surface area contributed by atoms with Gasteiger partial charge in [-0.3, -0.25) is 14.2 Å². The van der Waals surface area contributed by atoms with Crippen LogP contribution in [0.5, 0.6) is 0 Å². The molecule has 0 unspecified atom stereocenters. The number of piperazine rings is 1. The van der Waals surface area contributed by atoms with Gasteiger partial charge in [0.15, 0.2) is 5.16 Å². The van der Waals surface area contributed by atoms with E-state index in [-0.39, 0.29) is 17.7 Å². The van der Waals surface area contributed by atoms with Crippen LogP contribution in [-0.2, 0) is 9.59 Å². The minimum absolute atomic E-state index is 0.0798. The van der Waals surface area contributed by atoms with Crippen LogP contribution in [0.4, 0.5) is 0 Å². The molecule has 2 aliphatic rings. The van der Waals surface area contributed by atoms with Gasteiger partial charge in [-0.15, -0.1) is 10.2 Å². The van der Waals surface area contributed by atoms with Gasteiger partial charge in [-0.25, -0.2) is 0 Å². The van der Waals surface area contributed by atoms with E-state index >= 15 is 0 Å². The van der Waals surface area contributed by atoms with Gasteiger partial charge in [0.2, 0.25) is 11.8 Å². The van der Waals surface area contributed by atoms with Crippen LogP contribution in [0.1, 0.15) is 12.8 Å². The molecule has 2 heterocycles. The largest absolute Gasteiger partial charge is 0.339 e. The fourth-order valence-electron chi connectivity index (χ4n) is 3.07. The van der Waals surface area contributed by atoms with Gasteiger partial charge in [0.25, 0.3) is 0 Å². The van der Waals surface area contributed by atoms with E-state index in [4.69, 9.17) is 0 Å². The molecule has 7 nitrogen and oxygen atoms in total. The Balaban J connectivity index is 1.30. The van der Waals surface area contributed by atoms with Crippen molar-refractivity contribution in [2.24, 2.45) is 5.92 Å². The monoisotopic (exact) mass is 371 g/mol. The standard InChI is InChI=1S/C18H21N5O2S/c24-16(21-8-10-22(11-9-21)17(25)14-6-7-14)12-26-18-20-19-13-23(18)15-4-2-1-3-5-15/h1-5,13-14H,6-12H2. The van der Waals surface area contributed by atoms with Crippen molar-refractivity contribution in [1.29, 1.82) is 0 Å². The molecule has 136 valence electrons. The van der Waals surface area contributed by atoms with E-state index in [1.807, 2.05) is 44.7 Å². The Morgan fingerprint density at radius 3 is 2.42 bits per heavy atom. The second kappa shape index (κ2) is 7.49. The van der Waals surface area contributed by atoms with Crippen molar-refractivity contribution in [1.82, 2.24) is 24.6 Å². The molecule has 2 amide bonds. The van der Waals surface area contributed by atoms with Crippen LogP contribution in [0.3, 0.4) is 0 Å². The lowest BCUT2D eigenvalue weighted by atomic mass is 10.2. The normalized spacial score (nSPS) is 17.4. The van der Waals surface area contributed by atoms with E-state index in [1.165, 1.54) is 11.8 Å². The number of carbonyl (C=O) groups excluding carboxylic acids is 2. The van der Waals surface area contributed by atoms with Gasteiger partial charge in [0, 0.05) is 37.8 Å². The fraction of sp³-hybridized carbons (Fsp3) is 0.444. The summed E-state index contributed by atoms with van der Waals surface area (Å²) in [6.07, 6.45) is 3.71. The van der Waals surface area contributed by atoms with Crippen molar-refractivity contribution >= 4 is 23.6 Å². The van der Waals surface area contributed by atoms with Crippen molar-refractivity contribution in [2.45, 2.75) is 18.0 Å². The van der Waals surface area contributed by atoms with Crippen molar-refractivity contribution < 1.29 is 9.59 Å². The summed E-state index contributed by atoms with van der Waals surface area (Å²) in [7, 11) is 0. The highest BCUT2D eigenvalue weighted by Gasteiger charge is 2.35. The molecule has 0 N–H and O–H groups in total. The highest BCUT2D eigenvalue weighted by atomic mass is 32.2. The van der Waals surface area contributed by atoms with Gasteiger partial charge in [0.1, 0.15) is 6.33 Å². The lowest BCUT2D eigenvalue weighted by Crippen LogP contribution is -2.51. The predicted molar refractivity (Wildman–Crippen MR) is 98.0 cm³/mol. The van der Waals surface area contributed by atoms with Crippen LogP contribution < -0.4 is 0 Å². The summed E-state index contributed by atoms with van der Waals surface area (Å²) in [4.78, 5) is 28.3. The first kappa shape index (κ1) is 17.1. The van der Waals surface area contributed by atoms with Crippen LogP contribution in [0.25, 0.3) is 5.69 Å². The summed E-state index contributed by atoms with van der Waals surface area (Å²) in [6, 6.07) is 9.82. The minimum atomic E-state index is 0.0798. The summed E-state index contributed by atoms with van der Waals surface area (Å²) < 4.78 is 1.88. The molecule has 0 radical (unpaired) electrons. The van der Waals surface area contributed by atoms with E-state index in [0.717, 1.165) is 18.5 Å². The first-order chi connectivity index (χ1) is 12.7. The minimum Gasteiger partial charge on any atom is -0.339 e. The number of benzene rings is 1. The Morgan fingerprint density at radius 1 is 1.04 bits per heavy atom. The number of hydrogen-bond acceptors (Lipinski definition) is 5. The number of thioether (sulfide) groups is 1. The summed E-state index contributed by atoms with van der Waals surface area (Å²) in [6.45, 7) is 2.52. The molecule has 1 saturated carbocycles. The Kier molecular flexibility index (Phi) is 4.92. The predicted octanol–water partition coefficient (Wildman–Crippen LogP) is 1.44.